The van der Waals surface area contributed by atoms with Crippen LogP contribution in [0.25, 0.3) is 0 Å². The lowest BCUT2D eigenvalue weighted by Gasteiger charge is -2.27. The molecule has 1 aliphatic heterocycles. The standard InChI is InChI=1S/C14H20N2O2/c1-16-7-3-4-12-8-11(5-6-13(12)16)9-15-10-14(17)18-2/h5-6,8,15H,3-4,7,9-10H2,1-2H3. The van der Waals surface area contributed by atoms with Crippen LogP contribution in [0.3, 0.4) is 0 Å². The second-order valence-corrected chi connectivity index (χ2v) is 4.67. The van der Waals surface area contributed by atoms with E-state index in [1.807, 2.05) is 0 Å². The summed E-state index contributed by atoms with van der Waals surface area (Å²) >= 11 is 0. The molecule has 4 nitrogen and oxygen atoms in total. The van der Waals surface area contributed by atoms with Crippen LogP contribution in [0.2, 0.25) is 0 Å². The Hall–Kier alpha value is -1.55. The average Bonchev–Trinajstić information content (AvgIpc) is 2.38. The minimum Gasteiger partial charge on any atom is -0.468 e. The predicted molar refractivity (Wildman–Crippen MR) is 71.8 cm³/mol. The maximum absolute atomic E-state index is 11.0. The van der Waals surface area contributed by atoms with Gasteiger partial charge < -0.3 is 15.0 Å². The molecule has 1 N–H and O–H groups in total. The summed E-state index contributed by atoms with van der Waals surface area (Å²) in [5.41, 5.74) is 3.95. The van der Waals surface area contributed by atoms with Crippen molar-refractivity contribution in [3.63, 3.8) is 0 Å². The van der Waals surface area contributed by atoms with E-state index < -0.39 is 0 Å². The van der Waals surface area contributed by atoms with Crippen molar-refractivity contribution in [1.29, 1.82) is 0 Å². The van der Waals surface area contributed by atoms with Crippen molar-refractivity contribution in [2.45, 2.75) is 19.4 Å². The number of anilines is 1. The van der Waals surface area contributed by atoms with Gasteiger partial charge in [0.15, 0.2) is 0 Å². The maximum atomic E-state index is 11.0. The highest BCUT2D eigenvalue weighted by Crippen LogP contribution is 2.26. The van der Waals surface area contributed by atoms with E-state index in [9.17, 15) is 4.79 Å². The van der Waals surface area contributed by atoms with E-state index in [4.69, 9.17) is 0 Å². The summed E-state index contributed by atoms with van der Waals surface area (Å²) < 4.78 is 4.58. The van der Waals surface area contributed by atoms with Crippen LogP contribution in [0.15, 0.2) is 18.2 Å². The lowest BCUT2D eigenvalue weighted by molar-refractivity contribution is -0.139. The molecular formula is C14H20N2O2. The zero-order chi connectivity index (χ0) is 13.0. The average molecular weight is 248 g/mol. The number of esters is 1. The second-order valence-electron chi connectivity index (χ2n) is 4.67. The van der Waals surface area contributed by atoms with E-state index in [0.29, 0.717) is 6.54 Å². The molecule has 4 heteroatoms. The topological polar surface area (TPSA) is 41.6 Å². The van der Waals surface area contributed by atoms with Crippen LogP contribution in [0, 0.1) is 0 Å². The van der Waals surface area contributed by atoms with Gasteiger partial charge in [0.25, 0.3) is 0 Å². The number of methoxy groups -OCH3 is 1. The highest BCUT2D eigenvalue weighted by molar-refractivity contribution is 5.71. The number of ether oxygens (including phenoxy) is 1. The largest absolute Gasteiger partial charge is 0.468 e. The van der Waals surface area contributed by atoms with Crippen LogP contribution in [-0.4, -0.2) is 33.2 Å². The molecule has 0 bridgehead atoms. The number of carbonyl (C=O) groups excluding carboxylic acids is 1. The van der Waals surface area contributed by atoms with Crippen LogP contribution < -0.4 is 10.2 Å². The number of fused-ring (bicyclic) bond motifs is 1. The fourth-order valence-corrected chi connectivity index (χ4v) is 2.33. The Morgan fingerprint density at radius 1 is 1.50 bits per heavy atom. The summed E-state index contributed by atoms with van der Waals surface area (Å²) in [6.07, 6.45) is 2.35. The number of nitrogens with zero attached hydrogens (tertiary/aromatic N) is 1. The molecule has 0 fully saturated rings. The first kappa shape index (κ1) is 12.9. The minimum atomic E-state index is -0.229. The number of rotatable bonds is 4. The van der Waals surface area contributed by atoms with Gasteiger partial charge in [0.05, 0.1) is 13.7 Å². The number of hydrogen-bond acceptors (Lipinski definition) is 4. The quantitative estimate of drug-likeness (QED) is 0.816. The van der Waals surface area contributed by atoms with Crippen LogP contribution in [-0.2, 0) is 22.5 Å². The van der Waals surface area contributed by atoms with Crippen LogP contribution in [0.1, 0.15) is 17.5 Å². The SMILES string of the molecule is COC(=O)CNCc1ccc2c(c1)CCCN2C. The molecule has 1 aliphatic rings. The number of nitrogens with one attached hydrogen (secondary N) is 1. The molecule has 0 saturated carbocycles. The van der Waals surface area contributed by atoms with E-state index in [1.54, 1.807) is 0 Å². The zero-order valence-electron chi connectivity index (χ0n) is 11.0. The molecule has 0 spiro atoms. The van der Waals surface area contributed by atoms with Crippen molar-refractivity contribution in [2.75, 3.05) is 32.1 Å². The monoisotopic (exact) mass is 248 g/mol. The first-order valence-corrected chi connectivity index (χ1v) is 6.31. The smallest absolute Gasteiger partial charge is 0.319 e. The Morgan fingerprint density at radius 3 is 3.11 bits per heavy atom. The lowest BCUT2D eigenvalue weighted by atomic mass is 9.99. The Morgan fingerprint density at radius 2 is 2.33 bits per heavy atom. The van der Waals surface area contributed by atoms with Crippen LogP contribution in [0.5, 0.6) is 0 Å². The molecule has 0 aromatic heterocycles. The first-order valence-electron chi connectivity index (χ1n) is 6.31. The molecule has 18 heavy (non-hydrogen) atoms. The summed E-state index contributed by atoms with van der Waals surface area (Å²) in [5, 5.41) is 3.08. The van der Waals surface area contributed by atoms with Gasteiger partial charge in [0, 0.05) is 25.8 Å². The number of benzene rings is 1. The van der Waals surface area contributed by atoms with Crippen molar-refractivity contribution in [3.8, 4) is 0 Å². The van der Waals surface area contributed by atoms with E-state index in [-0.39, 0.29) is 12.5 Å². The maximum Gasteiger partial charge on any atom is 0.319 e. The molecule has 1 aromatic carbocycles. The fourth-order valence-electron chi connectivity index (χ4n) is 2.33. The van der Waals surface area contributed by atoms with Gasteiger partial charge in [-0.25, -0.2) is 0 Å². The van der Waals surface area contributed by atoms with Gasteiger partial charge >= 0.3 is 5.97 Å². The molecule has 0 atom stereocenters. The summed E-state index contributed by atoms with van der Waals surface area (Å²) in [6.45, 7) is 2.09. The summed E-state index contributed by atoms with van der Waals surface area (Å²) in [4.78, 5) is 13.3. The van der Waals surface area contributed by atoms with E-state index in [0.717, 1.165) is 13.0 Å². The van der Waals surface area contributed by atoms with E-state index in [2.05, 4.69) is 40.2 Å². The van der Waals surface area contributed by atoms with Gasteiger partial charge in [-0.1, -0.05) is 12.1 Å². The predicted octanol–water partition coefficient (Wildman–Crippen LogP) is 1.33. The van der Waals surface area contributed by atoms with Crippen LogP contribution in [0.4, 0.5) is 5.69 Å². The number of aryl methyl sites for hydroxylation is 1. The normalized spacial score (nSPS) is 14.2. The summed E-state index contributed by atoms with van der Waals surface area (Å²) in [6, 6.07) is 6.52. The van der Waals surface area contributed by atoms with Crippen molar-refractivity contribution in [2.24, 2.45) is 0 Å². The molecular weight excluding hydrogens is 228 g/mol. The Bertz CT molecular complexity index is 432. The third kappa shape index (κ3) is 3.01. The van der Waals surface area contributed by atoms with Crippen molar-refractivity contribution in [1.82, 2.24) is 5.32 Å². The molecule has 0 unspecified atom stereocenters. The first-order chi connectivity index (χ1) is 8.70. The molecule has 0 saturated heterocycles. The van der Waals surface area contributed by atoms with Crippen molar-refractivity contribution >= 4 is 11.7 Å². The number of carbonyl (C=O) groups is 1. The van der Waals surface area contributed by atoms with E-state index >= 15 is 0 Å². The molecule has 1 aromatic rings. The van der Waals surface area contributed by atoms with E-state index in [1.165, 1.54) is 30.3 Å². The van der Waals surface area contributed by atoms with Gasteiger partial charge in [0.1, 0.15) is 0 Å². The third-order valence-corrected chi connectivity index (χ3v) is 3.32. The van der Waals surface area contributed by atoms with Crippen molar-refractivity contribution < 1.29 is 9.53 Å². The van der Waals surface area contributed by atoms with Gasteiger partial charge in [-0.3, -0.25) is 4.79 Å². The zero-order valence-corrected chi connectivity index (χ0v) is 11.0. The van der Waals surface area contributed by atoms with Crippen molar-refractivity contribution in [3.05, 3.63) is 29.3 Å². The van der Waals surface area contributed by atoms with Gasteiger partial charge in [-0.15, -0.1) is 0 Å². The van der Waals surface area contributed by atoms with Crippen LogP contribution >= 0.6 is 0 Å². The highest BCUT2D eigenvalue weighted by Gasteiger charge is 2.13. The summed E-state index contributed by atoms with van der Waals surface area (Å²) in [7, 11) is 3.53. The van der Waals surface area contributed by atoms with Gasteiger partial charge in [-0.2, -0.15) is 0 Å². The molecule has 98 valence electrons. The molecule has 0 aliphatic carbocycles. The Labute approximate surface area is 108 Å². The van der Waals surface area contributed by atoms with Gasteiger partial charge in [0.2, 0.25) is 0 Å². The fraction of sp³-hybridized carbons (Fsp3) is 0.500. The molecule has 2 rings (SSSR count). The molecule has 0 radical (unpaired) electrons. The molecule has 1 heterocycles. The number of hydrogen-bond donors (Lipinski definition) is 1. The third-order valence-electron chi connectivity index (χ3n) is 3.32. The second kappa shape index (κ2) is 5.87. The lowest BCUT2D eigenvalue weighted by Crippen LogP contribution is -2.25. The minimum absolute atomic E-state index is 0.229. The Balaban J connectivity index is 1.96. The summed E-state index contributed by atoms with van der Waals surface area (Å²) in [5.74, 6) is -0.229. The Kier molecular flexibility index (Phi) is 4.20. The highest BCUT2D eigenvalue weighted by atomic mass is 16.5. The molecule has 0 amide bonds. The van der Waals surface area contributed by atoms with Gasteiger partial charge in [-0.05, 0) is 30.0 Å².